The molecule has 0 spiro atoms. The Morgan fingerprint density at radius 2 is 2.20 bits per heavy atom. The van der Waals surface area contributed by atoms with Crippen molar-refractivity contribution in [2.24, 2.45) is 5.41 Å². The van der Waals surface area contributed by atoms with E-state index in [1.807, 2.05) is 24.3 Å². The van der Waals surface area contributed by atoms with E-state index in [0.717, 1.165) is 28.1 Å². The number of nitrogens with one attached hydrogen (secondary N) is 1. The zero-order valence-electron chi connectivity index (χ0n) is 12.0. The van der Waals surface area contributed by atoms with Gasteiger partial charge in [-0.05, 0) is 30.4 Å². The van der Waals surface area contributed by atoms with Crippen LogP contribution >= 0.6 is 27.7 Å². The van der Waals surface area contributed by atoms with Crippen LogP contribution in [0.4, 0.5) is 5.69 Å². The fraction of sp³-hybridized carbons (Fsp3) is 0.533. The molecule has 1 fully saturated rings. The molecule has 0 amide bonds. The summed E-state index contributed by atoms with van der Waals surface area (Å²) in [4.78, 5) is 12.5. The van der Waals surface area contributed by atoms with Gasteiger partial charge < -0.3 is 10.1 Å². The van der Waals surface area contributed by atoms with E-state index in [1.165, 1.54) is 7.11 Å². The first-order chi connectivity index (χ1) is 9.41. The lowest BCUT2D eigenvalue weighted by Crippen LogP contribution is -2.61. The van der Waals surface area contributed by atoms with Crippen molar-refractivity contribution in [3.05, 3.63) is 28.7 Å². The number of carbonyl (C=O) groups is 1. The number of carbonyl (C=O) groups excluding carboxylic acids is 1. The summed E-state index contributed by atoms with van der Waals surface area (Å²) in [6.07, 6.45) is 0.980. The summed E-state index contributed by atoms with van der Waals surface area (Å²) < 4.78 is 6.09. The van der Waals surface area contributed by atoms with Gasteiger partial charge >= 0.3 is 5.97 Å². The molecule has 1 aliphatic rings. The molecule has 0 radical (unpaired) electrons. The van der Waals surface area contributed by atoms with Crippen molar-refractivity contribution < 1.29 is 9.53 Å². The first kappa shape index (κ1) is 15.7. The van der Waals surface area contributed by atoms with E-state index in [9.17, 15) is 4.79 Å². The van der Waals surface area contributed by atoms with Crippen molar-refractivity contribution in [2.45, 2.75) is 25.8 Å². The van der Waals surface area contributed by atoms with Gasteiger partial charge in [0.1, 0.15) is 5.54 Å². The zero-order chi connectivity index (χ0) is 14.8. The average molecular weight is 358 g/mol. The highest BCUT2D eigenvalue weighted by molar-refractivity contribution is 9.10. The maximum absolute atomic E-state index is 12.5. The number of hydrogen-bond acceptors (Lipinski definition) is 4. The number of ether oxygens (including phenoxy) is 1. The van der Waals surface area contributed by atoms with E-state index in [-0.39, 0.29) is 11.4 Å². The van der Waals surface area contributed by atoms with E-state index < -0.39 is 5.54 Å². The second-order valence-corrected chi connectivity index (χ2v) is 7.74. The predicted octanol–water partition coefficient (Wildman–Crippen LogP) is 3.94. The summed E-state index contributed by atoms with van der Waals surface area (Å²) in [5.74, 6) is 1.61. The van der Waals surface area contributed by atoms with E-state index in [2.05, 4.69) is 35.1 Å². The quantitative estimate of drug-likeness (QED) is 0.831. The van der Waals surface area contributed by atoms with Crippen molar-refractivity contribution in [3.63, 3.8) is 0 Å². The number of halogens is 1. The molecule has 1 aromatic carbocycles. The molecule has 1 atom stereocenters. The minimum atomic E-state index is -0.689. The molecular formula is C15H20BrNO2S. The highest BCUT2D eigenvalue weighted by Crippen LogP contribution is 2.45. The molecule has 110 valence electrons. The van der Waals surface area contributed by atoms with E-state index >= 15 is 0 Å². The summed E-state index contributed by atoms with van der Waals surface area (Å²) in [6, 6.07) is 7.89. The summed E-state index contributed by atoms with van der Waals surface area (Å²) in [5, 5.41) is 3.45. The fourth-order valence-electron chi connectivity index (χ4n) is 2.54. The van der Waals surface area contributed by atoms with Crippen LogP contribution in [0.15, 0.2) is 28.7 Å². The smallest absolute Gasteiger partial charge is 0.332 e. The normalized spacial score (nSPS) is 25.0. The molecule has 1 N–H and O–H groups in total. The minimum Gasteiger partial charge on any atom is -0.467 e. The van der Waals surface area contributed by atoms with Crippen LogP contribution in [0.3, 0.4) is 0 Å². The number of hydrogen-bond donors (Lipinski definition) is 1. The van der Waals surface area contributed by atoms with Gasteiger partial charge in [0.05, 0.1) is 7.11 Å². The van der Waals surface area contributed by atoms with Crippen molar-refractivity contribution in [2.75, 3.05) is 23.9 Å². The van der Waals surface area contributed by atoms with Gasteiger partial charge in [-0.15, -0.1) is 0 Å². The highest BCUT2D eigenvalue weighted by Gasteiger charge is 2.53. The van der Waals surface area contributed by atoms with Gasteiger partial charge in [0, 0.05) is 21.3 Å². The van der Waals surface area contributed by atoms with Crippen LogP contribution in [0, 0.1) is 5.41 Å². The minimum absolute atomic E-state index is 0.159. The Balaban J connectivity index is 2.39. The molecule has 1 saturated heterocycles. The number of anilines is 1. The molecule has 0 aliphatic carbocycles. The van der Waals surface area contributed by atoms with Crippen LogP contribution in [-0.2, 0) is 9.53 Å². The van der Waals surface area contributed by atoms with Crippen LogP contribution in [0.1, 0.15) is 20.3 Å². The zero-order valence-corrected chi connectivity index (χ0v) is 14.4. The fourth-order valence-corrected chi connectivity index (χ4v) is 4.62. The average Bonchev–Trinajstić information content (AvgIpc) is 2.40. The van der Waals surface area contributed by atoms with E-state index in [0.29, 0.717) is 0 Å². The monoisotopic (exact) mass is 357 g/mol. The van der Waals surface area contributed by atoms with Crippen molar-refractivity contribution in [1.29, 1.82) is 0 Å². The molecule has 2 rings (SSSR count). The molecule has 5 heteroatoms. The van der Waals surface area contributed by atoms with Crippen molar-refractivity contribution in [1.82, 2.24) is 0 Å². The topological polar surface area (TPSA) is 38.3 Å². The van der Waals surface area contributed by atoms with E-state index in [4.69, 9.17) is 4.74 Å². The van der Waals surface area contributed by atoms with Gasteiger partial charge in [0.15, 0.2) is 0 Å². The van der Waals surface area contributed by atoms with Crippen LogP contribution in [0.5, 0.6) is 0 Å². The lowest BCUT2D eigenvalue weighted by atomic mass is 9.70. The van der Waals surface area contributed by atoms with Crippen LogP contribution in [0.25, 0.3) is 0 Å². The summed E-state index contributed by atoms with van der Waals surface area (Å²) in [5.41, 5.74) is 0.0828. The molecular weight excluding hydrogens is 338 g/mol. The van der Waals surface area contributed by atoms with Gasteiger partial charge in [0.2, 0.25) is 0 Å². The number of methoxy groups -OCH3 is 1. The third-order valence-electron chi connectivity index (χ3n) is 4.06. The SMILES string of the molecule is COC(=O)C1(Nc2cccc(Br)c2)CSCCC1(C)C. The molecule has 1 aliphatic heterocycles. The Labute approximate surface area is 133 Å². The third-order valence-corrected chi connectivity index (χ3v) is 5.68. The van der Waals surface area contributed by atoms with Crippen molar-refractivity contribution in [3.8, 4) is 0 Å². The summed E-state index contributed by atoms with van der Waals surface area (Å²) >= 11 is 5.26. The Hall–Kier alpha value is -0.680. The first-order valence-electron chi connectivity index (χ1n) is 6.61. The van der Waals surface area contributed by atoms with Gasteiger partial charge in [-0.2, -0.15) is 11.8 Å². The van der Waals surface area contributed by atoms with Crippen molar-refractivity contribution >= 4 is 39.3 Å². The lowest BCUT2D eigenvalue weighted by Gasteiger charge is -2.48. The molecule has 0 bridgehead atoms. The van der Waals surface area contributed by atoms with Crippen LogP contribution in [-0.4, -0.2) is 30.1 Å². The maximum atomic E-state index is 12.5. The molecule has 0 saturated carbocycles. The van der Waals surface area contributed by atoms with Crippen LogP contribution in [0.2, 0.25) is 0 Å². The third kappa shape index (κ3) is 2.84. The molecule has 1 unspecified atom stereocenters. The second kappa shape index (κ2) is 5.98. The molecule has 3 nitrogen and oxygen atoms in total. The molecule has 1 aromatic rings. The molecule has 20 heavy (non-hydrogen) atoms. The van der Waals surface area contributed by atoms with Crippen LogP contribution < -0.4 is 5.32 Å². The Morgan fingerprint density at radius 1 is 1.45 bits per heavy atom. The van der Waals surface area contributed by atoms with Gasteiger partial charge in [-0.25, -0.2) is 4.79 Å². The highest BCUT2D eigenvalue weighted by atomic mass is 79.9. The first-order valence-corrected chi connectivity index (χ1v) is 8.56. The second-order valence-electron chi connectivity index (χ2n) is 5.72. The van der Waals surface area contributed by atoms with Gasteiger partial charge in [-0.3, -0.25) is 0 Å². The number of benzene rings is 1. The lowest BCUT2D eigenvalue weighted by molar-refractivity contribution is -0.149. The standard InChI is InChI=1S/C15H20BrNO2S/c1-14(2)7-8-20-10-15(14,13(18)19-3)17-12-6-4-5-11(16)9-12/h4-6,9,17H,7-8,10H2,1-3H3. The number of thioether (sulfide) groups is 1. The number of rotatable bonds is 3. The Kier molecular flexibility index (Phi) is 4.69. The van der Waals surface area contributed by atoms with Gasteiger partial charge in [-0.1, -0.05) is 35.8 Å². The maximum Gasteiger partial charge on any atom is 0.332 e. The summed E-state index contributed by atoms with van der Waals surface area (Å²) in [7, 11) is 1.46. The number of esters is 1. The predicted molar refractivity (Wildman–Crippen MR) is 88.2 cm³/mol. The Morgan fingerprint density at radius 3 is 2.80 bits per heavy atom. The summed E-state index contributed by atoms with van der Waals surface area (Å²) in [6.45, 7) is 4.27. The van der Waals surface area contributed by atoms with E-state index in [1.54, 1.807) is 11.8 Å². The molecule has 1 heterocycles. The van der Waals surface area contributed by atoms with Gasteiger partial charge in [0.25, 0.3) is 0 Å². The molecule has 0 aromatic heterocycles. The Bertz CT molecular complexity index is 506. The largest absolute Gasteiger partial charge is 0.467 e.